The molecule has 2 aromatic carbocycles. The van der Waals surface area contributed by atoms with E-state index in [0.717, 1.165) is 22.3 Å². The van der Waals surface area contributed by atoms with Gasteiger partial charge in [-0.2, -0.15) is 5.26 Å². The van der Waals surface area contributed by atoms with Crippen LogP contribution in [0.25, 0.3) is 22.0 Å². The SMILES string of the molecule is N#C[C@@H]1CC(F)(F)CN1C(=O)CNC(=O)c1ccnc2ccc(-c3ccc(C(=O)NCCN4CCN(C(=O)CN5CCN(CC=O)CCN(CC(=O)O)CCN(CC(=O)O)CC5)CC4)cc3)cc12. The Morgan fingerprint density at radius 3 is 1.88 bits per heavy atom. The molecule has 0 aliphatic carbocycles. The van der Waals surface area contributed by atoms with Crippen LogP contribution in [0.5, 0.6) is 0 Å². The highest BCUT2D eigenvalue weighted by Crippen LogP contribution is 2.32. The number of carboxylic acid groups (broad SMARTS) is 2. The molecule has 1 aromatic heterocycles. The van der Waals surface area contributed by atoms with Crippen LogP contribution < -0.4 is 10.6 Å². The highest BCUT2D eigenvalue weighted by molar-refractivity contribution is 6.07. The summed E-state index contributed by atoms with van der Waals surface area (Å²) in [7, 11) is 0. The third-order valence-electron chi connectivity index (χ3n) is 12.4. The highest BCUT2D eigenvalue weighted by Gasteiger charge is 2.47. The number of carbonyl (C=O) groups excluding carboxylic acids is 5. The number of piperazine rings is 1. The minimum Gasteiger partial charge on any atom is -0.480 e. The van der Waals surface area contributed by atoms with Crippen LogP contribution >= 0.6 is 0 Å². The van der Waals surface area contributed by atoms with Gasteiger partial charge in [-0.15, -0.1) is 0 Å². The van der Waals surface area contributed by atoms with E-state index in [1.54, 1.807) is 57.2 Å². The number of alkyl halides is 2. The Bertz CT molecular complexity index is 2340. The molecule has 6 rings (SSSR count). The van der Waals surface area contributed by atoms with E-state index < -0.39 is 55.2 Å². The van der Waals surface area contributed by atoms with E-state index in [0.29, 0.717) is 108 Å². The van der Waals surface area contributed by atoms with Gasteiger partial charge in [-0.1, -0.05) is 18.2 Å². The van der Waals surface area contributed by atoms with Crippen LogP contribution in [0.3, 0.4) is 0 Å². The number of carboxylic acids is 2. The number of hydrogen-bond acceptors (Lipinski definition) is 14. The molecule has 1 atom stereocenters. The number of halogens is 2. The average Bonchev–Trinajstić information content (AvgIpc) is 3.65. The zero-order chi connectivity index (χ0) is 48.8. The number of carbonyl (C=O) groups is 7. The molecule has 3 fully saturated rings. The fourth-order valence-electron chi connectivity index (χ4n) is 8.55. The van der Waals surface area contributed by atoms with E-state index in [1.165, 1.54) is 12.3 Å². The van der Waals surface area contributed by atoms with E-state index in [9.17, 15) is 57.8 Å². The van der Waals surface area contributed by atoms with E-state index in [2.05, 4.69) is 20.5 Å². The summed E-state index contributed by atoms with van der Waals surface area (Å²) in [5.74, 6) is -6.89. The summed E-state index contributed by atoms with van der Waals surface area (Å²) in [6.45, 7) is 4.75. The maximum absolute atomic E-state index is 13.9. The molecule has 0 unspecified atom stereocenters. The van der Waals surface area contributed by atoms with Gasteiger partial charge in [0.15, 0.2) is 0 Å². The van der Waals surface area contributed by atoms with Crippen molar-refractivity contribution in [3.63, 3.8) is 0 Å². The normalized spacial score (nSPS) is 19.3. The van der Waals surface area contributed by atoms with Gasteiger partial charge in [-0.3, -0.25) is 58.3 Å². The van der Waals surface area contributed by atoms with Crippen molar-refractivity contribution in [1.82, 2.24) is 49.9 Å². The van der Waals surface area contributed by atoms with Crippen LogP contribution in [0.2, 0.25) is 0 Å². The van der Waals surface area contributed by atoms with Crippen molar-refractivity contribution in [2.24, 2.45) is 0 Å². The van der Waals surface area contributed by atoms with Crippen molar-refractivity contribution < 1.29 is 52.6 Å². The van der Waals surface area contributed by atoms with Gasteiger partial charge in [0.25, 0.3) is 17.7 Å². The van der Waals surface area contributed by atoms with Gasteiger partial charge in [-0.05, 0) is 41.5 Å². The third-order valence-corrected chi connectivity index (χ3v) is 12.4. The van der Waals surface area contributed by atoms with Crippen LogP contribution in [0.15, 0.2) is 54.7 Å². The molecule has 0 saturated carbocycles. The number of nitriles is 1. The molecule has 22 heteroatoms. The number of benzene rings is 2. The molecular formula is C46H57F2N11O9. The Balaban J connectivity index is 0.961. The summed E-state index contributed by atoms with van der Waals surface area (Å²) < 4.78 is 27.7. The summed E-state index contributed by atoms with van der Waals surface area (Å²) in [6, 6.07) is 14.2. The van der Waals surface area contributed by atoms with Crippen molar-refractivity contribution in [2.45, 2.75) is 18.4 Å². The number of fused-ring (bicyclic) bond motifs is 1. The van der Waals surface area contributed by atoms with Gasteiger partial charge in [0, 0.05) is 115 Å². The smallest absolute Gasteiger partial charge is 0.317 e. The zero-order valence-electron chi connectivity index (χ0n) is 37.7. The molecule has 3 saturated heterocycles. The molecular weight excluding hydrogens is 889 g/mol. The summed E-state index contributed by atoms with van der Waals surface area (Å²) in [5.41, 5.74) is 2.64. The first-order chi connectivity index (χ1) is 32.6. The second-order valence-electron chi connectivity index (χ2n) is 17.1. The van der Waals surface area contributed by atoms with Gasteiger partial charge in [0.1, 0.15) is 12.3 Å². The first kappa shape index (κ1) is 50.9. The van der Waals surface area contributed by atoms with Crippen molar-refractivity contribution >= 4 is 52.8 Å². The largest absolute Gasteiger partial charge is 0.480 e. The number of nitrogens with zero attached hydrogens (tertiary/aromatic N) is 9. The molecule has 3 aliphatic heterocycles. The lowest BCUT2D eigenvalue weighted by Crippen LogP contribution is -2.53. The fourth-order valence-corrected chi connectivity index (χ4v) is 8.55. The molecule has 0 bridgehead atoms. The van der Waals surface area contributed by atoms with Gasteiger partial charge in [0.05, 0.1) is 56.4 Å². The van der Waals surface area contributed by atoms with Crippen molar-refractivity contribution in [1.29, 1.82) is 5.26 Å². The van der Waals surface area contributed by atoms with E-state index in [1.807, 2.05) is 15.9 Å². The fraction of sp³-hybridized carbons (Fsp3) is 0.500. The Labute approximate surface area is 392 Å². The summed E-state index contributed by atoms with van der Waals surface area (Å²) in [4.78, 5) is 104. The maximum atomic E-state index is 13.9. The number of aliphatic carboxylic acids is 2. The first-order valence-electron chi connectivity index (χ1n) is 22.5. The molecule has 4 heterocycles. The average molecular weight is 946 g/mol. The number of aldehydes is 1. The third kappa shape index (κ3) is 14.5. The van der Waals surface area contributed by atoms with Gasteiger partial charge in [-0.25, -0.2) is 8.78 Å². The van der Waals surface area contributed by atoms with Crippen LogP contribution in [0.1, 0.15) is 27.1 Å². The zero-order valence-corrected chi connectivity index (χ0v) is 37.7. The Kier molecular flexibility index (Phi) is 17.9. The summed E-state index contributed by atoms with van der Waals surface area (Å²) in [5, 5.41) is 34.1. The van der Waals surface area contributed by atoms with E-state index in [-0.39, 0.29) is 43.6 Å². The standard InChI is InChI=1S/C46H57F2N11O9/c47-46(48)26-36(27-49)59(32-46)40(61)28-52-45(68)37-7-8-50-39-6-5-35(25-38(37)39)33-1-3-34(4-2-33)44(67)51-9-10-53-19-21-58(22-20-53)41(62)29-55-13-11-54(23-24-60)12-14-56(30-42(63)64)17-18-57(16-15-55)31-43(65)66/h1-8,24-25,36H,9-23,26,28-32H2,(H,51,67)(H,52,68)(H,63,64)(H,65,66)/t36-/m0/s1. The number of rotatable bonds is 16. The maximum Gasteiger partial charge on any atom is 0.317 e. The first-order valence-corrected chi connectivity index (χ1v) is 22.5. The molecule has 0 spiro atoms. The quantitative estimate of drug-likeness (QED) is 0.137. The molecule has 3 aliphatic rings. The second-order valence-corrected chi connectivity index (χ2v) is 17.1. The van der Waals surface area contributed by atoms with Crippen LogP contribution in [0, 0.1) is 11.3 Å². The second kappa shape index (κ2) is 24.0. The topological polar surface area (TPSA) is 243 Å². The number of amides is 4. The molecule has 0 radical (unpaired) electrons. The Morgan fingerprint density at radius 2 is 1.29 bits per heavy atom. The van der Waals surface area contributed by atoms with Crippen LogP contribution in [-0.2, 0) is 24.0 Å². The molecule has 4 amide bonds. The van der Waals surface area contributed by atoms with Crippen molar-refractivity contribution in [2.75, 3.05) is 131 Å². The Morgan fingerprint density at radius 1 is 0.721 bits per heavy atom. The van der Waals surface area contributed by atoms with Crippen LogP contribution in [-0.4, -0.2) is 234 Å². The predicted octanol–water partition coefficient (Wildman–Crippen LogP) is -0.145. The van der Waals surface area contributed by atoms with Gasteiger partial charge >= 0.3 is 11.9 Å². The number of nitrogens with one attached hydrogen (secondary N) is 2. The van der Waals surface area contributed by atoms with Gasteiger partial charge in [0.2, 0.25) is 11.8 Å². The lowest BCUT2D eigenvalue weighted by Gasteiger charge is -2.37. The lowest BCUT2D eigenvalue weighted by atomic mass is 9.99. The Hall–Kier alpha value is -6.51. The molecule has 3 aromatic rings. The molecule has 20 nitrogen and oxygen atoms in total. The predicted molar refractivity (Wildman–Crippen MR) is 243 cm³/mol. The molecule has 364 valence electrons. The lowest BCUT2D eigenvalue weighted by molar-refractivity contribution is -0.140. The minimum atomic E-state index is -3.18. The minimum absolute atomic E-state index is 0.0602. The number of hydrogen-bond donors (Lipinski definition) is 4. The summed E-state index contributed by atoms with van der Waals surface area (Å²) in [6.07, 6.45) is 1.49. The van der Waals surface area contributed by atoms with E-state index >= 15 is 0 Å². The summed E-state index contributed by atoms with van der Waals surface area (Å²) >= 11 is 0. The number of aromatic nitrogens is 1. The van der Waals surface area contributed by atoms with Crippen molar-refractivity contribution in [3.05, 3.63) is 65.9 Å². The number of pyridine rings is 1. The van der Waals surface area contributed by atoms with E-state index in [4.69, 9.17) is 0 Å². The monoisotopic (exact) mass is 945 g/mol. The van der Waals surface area contributed by atoms with Crippen molar-refractivity contribution in [3.8, 4) is 17.2 Å². The molecule has 4 N–H and O–H groups in total. The van der Waals surface area contributed by atoms with Crippen LogP contribution in [0.4, 0.5) is 8.78 Å². The number of likely N-dealkylation sites (tertiary alicyclic amines) is 1. The van der Waals surface area contributed by atoms with Gasteiger partial charge < -0.3 is 35.4 Å². The molecule has 68 heavy (non-hydrogen) atoms. The highest BCUT2D eigenvalue weighted by atomic mass is 19.3.